The summed E-state index contributed by atoms with van der Waals surface area (Å²) < 4.78 is 11.5. The summed E-state index contributed by atoms with van der Waals surface area (Å²) in [6, 6.07) is 11.3. The van der Waals surface area contributed by atoms with Gasteiger partial charge in [-0.15, -0.1) is 0 Å². The molecule has 0 saturated heterocycles. The summed E-state index contributed by atoms with van der Waals surface area (Å²) >= 11 is 3.35. The number of nitrogens with one attached hydrogen (secondary N) is 1. The van der Waals surface area contributed by atoms with E-state index in [4.69, 9.17) is 9.47 Å². The van der Waals surface area contributed by atoms with Gasteiger partial charge >= 0.3 is 0 Å². The van der Waals surface area contributed by atoms with Gasteiger partial charge in [-0.3, -0.25) is 9.59 Å². The molecule has 33 heavy (non-hydrogen) atoms. The number of hydrogen-bond donors (Lipinski definition) is 2. The molecule has 2 aromatic rings. The predicted octanol–water partition coefficient (Wildman–Crippen LogP) is 5.20. The molecular formula is C26H28BrNO5. The van der Waals surface area contributed by atoms with E-state index in [1.54, 1.807) is 12.1 Å². The number of Topliss-reactive ketones (excluding diaryl/α,β-unsaturated/α-hetero) is 1. The Morgan fingerprint density at radius 3 is 2.48 bits per heavy atom. The summed E-state index contributed by atoms with van der Waals surface area (Å²) in [4.78, 5) is 25.9. The molecule has 0 bridgehead atoms. The number of halogens is 1. The van der Waals surface area contributed by atoms with Crippen LogP contribution in [0, 0.1) is 5.92 Å². The average Bonchev–Trinajstić information content (AvgIpc) is 2.78. The monoisotopic (exact) mass is 513 g/mol. The number of methoxy groups -OCH3 is 1. The van der Waals surface area contributed by atoms with Crippen molar-refractivity contribution in [1.29, 1.82) is 0 Å². The third kappa shape index (κ3) is 4.93. The van der Waals surface area contributed by atoms with Crippen LogP contribution in [0.2, 0.25) is 0 Å². The number of ketones is 1. The van der Waals surface area contributed by atoms with Crippen LogP contribution in [0.25, 0.3) is 0 Å². The van der Waals surface area contributed by atoms with E-state index < -0.39 is 0 Å². The number of hydrogen-bond acceptors (Lipinski definition) is 5. The van der Waals surface area contributed by atoms with Crippen molar-refractivity contribution in [3.63, 3.8) is 0 Å². The van der Waals surface area contributed by atoms with Gasteiger partial charge in [0.15, 0.2) is 17.3 Å². The van der Waals surface area contributed by atoms with E-state index >= 15 is 0 Å². The Hall–Kier alpha value is -2.80. The fraction of sp³-hybridized carbons (Fsp3) is 0.385. The highest BCUT2D eigenvalue weighted by atomic mass is 79.9. The zero-order valence-electron chi connectivity index (χ0n) is 19.0. The minimum atomic E-state index is -0.375. The summed E-state index contributed by atoms with van der Waals surface area (Å²) in [5, 5.41) is 13.1. The zero-order valence-corrected chi connectivity index (χ0v) is 20.6. The number of benzene rings is 2. The number of phenolic OH excluding ortho intramolecular Hbond substituents is 1. The van der Waals surface area contributed by atoms with Gasteiger partial charge in [0.25, 0.3) is 0 Å². The zero-order chi connectivity index (χ0) is 23.7. The van der Waals surface area contributed by atoms with Crippen molar-refractivity contribution < 1.29 is 24.2 Å². The normalized spacial score (nSPS) is 20.5. The highest BCUT2D eigenvalue weighted by molar-refractivity contribution is 9.10. The molecular weight excluding hydrogens is 486 g/mol. The smallest absolute Gasteiger partial charge is 0.225 e. The molecule has 2 unspecified atom stereocenters. The molecule has 1 aliphatic carbocycles. The largest absolute Gasteiger partial charge is 0.503 e. The van der Waals surface area contributed by atoms with Crippen LogP contribution >= 0.6 is 15.9 Å². The van der Waals surface area contributed by atoms with Gasteiger partial charge in [-0.25, -0.2) is 0 Å². The fourth-order valence-corrected chi connectivity index (χ4v) is 4.99. The van der Waals surface area contributed by atoms with Crippen LogP contribution in [0.15, 0.2) is 52.1 Å². The molecule has 174 valence electrons. The van der Waals surface area contributed by atoms with E-state index in [0.29, 0.717) is 46.9 Å². The van der Waals surface area contributed by atoms with Crippen molar-refractivity contribution in [3.05, 3.63) is 63.3 Å². The maximum absolute atomic E-state index is 13.3. The average molecular weight is 514 g/mol. The van der Waals surface area contributed by atoms with Crippen molar-refractivity contribution >= 4 is 27.6 Å². The standard InChI is InChI=1S/C26H28BrNO5/c1-14(2)13-33-18-6-4-15(5-7-18)16-9-21-25(22(29)10-16)19(12-24(30)28-21)17-8-20(27)26(31)23(11-17)32-3/h4-8,11,14,16,19,31H,9-10,12-13H2,1-3H3,(H,28,30). The van der Waals surface area contributed by atoms with Crippen LogP contribution in [0.3, 0.4) is 0 Å². The molecule has 6 nitrogen and oxygen atoms in total. The number of amides is 1. The second-order valence-electron chi connectivity index (χ2n) is 9.05. The third-order valence-electron chi connectivity index (χ3n) is 6.14. The molecule has 2 aromatic carbocycles. The number of phenols is 1. The van der Waals surface area contributed by atoms with Gasteiger partial charge in [-0.2, -0.15) is 0 Å². The molecule has 4 rings (SSSR count). The van der Waals surface area contributed by atoms with Gasteiger partial charge in [0.2, 0.25) is 5.91 Å². The van der Waals surface area contributed by atoms with Gasteiger partial charge in [0.1, 0.15) is 5.75 Å². The lowest BCUT2D eigenvalue weighted by atomic mass is 9.73. The maximum Gasteiger partial charge on any atom is 0.225 e. The molecule has 1 aliphatic heterocycles. The van der Waals surface area contributed by atoms with E-state index in [2.05, 4.69) is 35.1 Å². The Morgan fingerprint density at radius 1 is 1.09 bits per heavy atom. The summed E-state index contributed by atoms with van der Waals surface area (Å²) in [6.07, 6.45) is 1.15. The number of rotatable bonds is 6. The van der Waals surface area contributed by atoms with Crippen LogP contribution in [0.4, 0.5) is 0 Å². The molecule has 0 radical (unpaired) electrons. The van der Waals surface area contributed by atoms with Gasteiger partial charge in [0.05, 0.1) is 18.2 Å². The number of ether oxygens (including phenoxy) is 2. The van der Waals surface area contributed by atoms with Crippen LogP contribution in [0.1, 0.15) is 56.1 Å². The van der Waals surface area contributed by atoms with Crippen LogP contribution in [-0.4, -0.2) is 30.5 Å². The molecule has 2 N–H and O–H groups in total. The summed E-state index contributed by atoms with van der Waals surface area (Å²) in [5.74, 6) is 1.09. The molecule has 1 amide bonds. The SMILES string of the molecule is COc1cc(C2CC(=O)NC3=C2C(=O)CC(c2ccc(OCC(C)C)cc2)C3)cc(Br)c1O. The first-order valence-electron chi connectivity index (χ1n) is 11.1. The van der Waals surface area contributed by atoms with E-state index in [-0.39, 0.29) is 35.7 Å². The van der Waals surface area contributed by atoms with Crippen LogP contribution in [-0.2, 0) is 9.59 Å². The number of carbonyl (C=O) groups is 2. The molecule has 0 spiro atoms. The van der Waals surface area contributed by atoms with E-state index in [1.165, 1.54) is 7.11 Å². The predicted molar refractivity (Wildman–Crippen MR) is 129 cm³/mol. The Kier molecular flexibility index (Phi) is 6.79. The lowest BCUT2D eigenvalue weighted by Gasteiger charge is -2.34. The van der Waals surface area contributed by atoms with Gasteiger partial charge in [0, 0.05) is 30.0 Å². The van der Waals surface area contributed by atoms with Crippen molar-refractivity contribution in [3.8, 4) is 17.2 Å². The number of carbonyl (C=O) groups excluding carboxylic acids is 2. The third-order valence-corrected chi connectivity index (χ3v) is 6.75. The Balaban J connectivity index is 1.62. The summed E-state index contributed by atoms with van der Waals surface area (Å²) in [7, 11) is 1.47. The molecule has 7 heteroatoms. The van der Waals surface area contributed by atoms with Gasteiger partial charge in [-0.1, -0.05) is 26.0 Å². The van der Waals surface area contributed by atoms with E-state index in [9.17, 15) is 14.7 Å². The first-order valence-corrected chi connectivity index (χ1v) is 11.9. The highest BCUT2D eigenvalue weighted by Crippen LogP contribution is 2.45. The van der Waals surface area contributed by atoms with Crippen molar-refractivity contribution in [2.75, 3.05) is 13.7 Å². The second-order valence-corrected chi connectivity index (χ2v) is 9.91. The maximum atomic E-state index is 13.3. The summed E-state index contributed by atoms with van der Waals surface area (Å²) in [6.45, 7) is 4.86. The molecule has 2 atom stereocenters. The molecule has 0 aromatic heterocycles. The Morgan fingerprint density at radius 2 is 1.82 bits per heavy atom. The Bertz CT molecular complexity index is 1110. The number of aromatic hydroxyl groups is 1. The molecule has 2 aliphatic rings. The first-order chi connectivity index (χ1) is 15.8. The van der Waals surface area contributed by atoms with Crippen molar-refractivity contribution in [1.82, 2.24) is 5.32 Å². The quantitative estimate of drug-likeness (QED) is 0.554. The molecule has 0 fully saturated rings. The van der Waals surface area contributed by atoms with Crippen molar-refractivity contribution in [2.45, 2.75) is 44.9 Å². The van der Waals surface area contributed by atoms with Gasteiger partial charge < -0.3 is 19.9 Å². The molecule has 0 saturated carbocycles. The highest BCUT2D eigenvalue weighted by Gasteiger charge is 2.38. The lowest BCUT2D eigenvalue weighted by molar-refractivity contribution is -0.122. The topological polar surface area (TPSA) is 84.9 Å². The fourth-order valence-electron chi connectivity index (χ4n) is 4.53. The minimum absolute atomic E-state index is 0.00413. The lowest BCUT2D eigenvalue weighted by Crippen LogP contribution is -2.38. The Labute approximate surface area is 202 Å². The van der Waals surface area contributed by atoms with Crippen LogP contribution in [0.5, 0.6) is 17.2 Å². The first kappa shape index (κ1) is 23.4. The van der Waals surface area contributed by atoms with Gasteiger partial charge in [-0.05, 0) is 69.6 Å². The molecule has 1 heterocycles. The summed E-state index contributed by atoms with van der Waals surface area (Å²) in [5.41, 5.74) is 3.16. The van der Waals surface area contributed by atoms with Crippen LogP contribution < -0.4 is 14.8 Å². The minimum Gasteiger partial charge on any atom is -0.503 e. The van der Waals surface area contributed by atoms with Crippen molar-refractivity contribution in [2.24, 2.45) is 5.92 Å². The van der Waals surface area contributed by atoms with E-state index in [1.807, 2.05) is 24.3 Å². The van der Waals surface area contributed by atoms with E-state index in [0.717, 1.165) is 16.9 Å². The number of allylic oxidation sites excluding steroid dienone is 2. The second kappa shape index (κ2) is 9.59.